The topological polar surface area (TPSA) is 438 Å². The lowest BCUT2D eigenvalue weighted by Gasteiger charge is -2.43. The van der Waals surface area contributed by atoms with Gasteiger partial charge < -0.3 is 130 Å². The number of aliphatic hydroxyl groups is 18. The van der Waals surface area contributed by atoms with Gasteiger partial charge in [-0.3, -0.25) is 0 Å². The highest BCUT2D eigenvalue weighted by atomic mass is 16.7. The quantitative estimate of drug-likeness (QED) is 0.0647. The van der Waals surface area contributed by atoms with Crippen molar-refractivity contribution in [1.82, 2.24) is 0 Å². The van der Waals surface area contributed by atoms with Crippen molar-refractivity contribution < 1.29 is 130 Å². The molecular formula is C30H54O26. The van der Waals surface area contributed by atoms with Crippen LogP contribution in [0.5, 0.6) is 0 Å². The van der Waals surface area contributed by atoms with Crippen LogP contribution in [0.3, 0.4) is 0 Å². The van der Waals surface area contributed by atoms with Crippen LogP contribution < -0.4 is 0 Å². The lowest BCUT2D eigenvalue weighted by molar-refractivity contribution is -0.334. The van der Waals surface area contributed by atoms with Crippen LogP contribution >= 0.6 is 0 Å². The van der Waals surface area contributed by atoms with E-state index in [0.717, 1.165) is 0 Å². The Hall–Kier alpha value is -1.04. The summed E-state index contributed by atoms with van der Waals surface area (Å²) in [5.74, 6) is 0. The summed E-state index contributed by atoms with van der Waals surface area (Å²) in [5, 5.41) is 183. The van der Waals surface area contributed by atoms with Gasteiger partial charge in [-0.05, 0) is 0 Å². The summed E-state index contributed by atoms with van der Waals surface area (Å²) in [4.78, 5) is 0. The maximum atomic E-state index is 10.5. The van der Waals surface area contributed by atoms with Gasteiger partial charge in [0.2, 0.25) is 0 Å². The lowest BCUT2D eigenvalue weighted by atomic mass is 9.98. The molecule has 4 saturated heterocycles. The standard InChI is InChI=1S/C30H54O26/c31-1-9-15(37)19(41)23(45)29(53-9)51-5-11-17(39)21(43)25(47)27(55-11)49-3-7(33)13(35)14(36)8(34)4-50-28-26(48)22(44)18(40)12(56-28)6-52-30-24(46)20(42)16(38)10(2-32)54-30/h7-48H,1-6H2/t7-,8-,9-,10-,11-,12-,13-,14-,15-,16-,17-,18-,19+,20+,21+,22+,23-,24-,25-,26-,27-,28?,29-,30-/m1/s1. The largest absolute Gasteiger partial charge is 0.394 e. The second-order valence-corrected chi connectivity index (χ2v) is 13.9. The molecule has 0 saturated carbocycles. The third-order valence-corrected chi connectivity index (χ3v) is 9.88. The van der Waals surface area contributed by atoms with Crippen LogP contribution in [0.25, 0.3) is 0 Å². The Balaban J connectivity index is 1.25. The zero-order chi connectivity index (χ0) is 41.8. The van der Waals surface area contributed by atoms with Crippen LogP contribution in [-0.2, 0) is 37.9 Å². The van der Waals surface area contributed by atoms with Crippen LogP contribution in [0, 0.1) is 0 Å². The minimum atomic E-state index is -2.21. The summed E-state index contributed by atoms with van der Waals surface area (Å²) < 4.78 is 42.3. The first-order valence-corrected chi connectivity index (χ1v) is 17.5. The van der Waals surface area contributed by atoms with Crippen LogP contribution in [-0.4, -0.2) is 279 Å². The van der Waals surface area contributed by atoms with Crippen LogP contribution in [0.4, 0.5) is 0 Å². The minimum absolute atomic E-state index is 0.689. The maximum Gasteiger partial charge on any atom is 0.186 e. The molecule has 26 nitrogen and oxygen atoms in total. The highest BCUT2D eigenvalue weighted by Crippen LogP contribution is 2.28. The van der Waals surface area contributed by atoms with E-state index in [1.807, 2.05) is 0 Å². The third kappa shape index (κ3) is 10.8. The van der Waals surface area contributed by atoms with E-state index in [0.29, 0.717) is 0 Å². The number of hydrogen-bond donors (Lipinski definition) is 18. The fourth-order valence-electron chi connectivity index (χ4n) is 6.21. The Labute approximate surface area is 317 Å². The Bertz CT molecular complexity index is 1070. The zero-order valence-corrected chi connectivity index (χ0v) is 29.4. The van der Waals surface area contributed by atoms with E-state index in [1.165, 1.54) is 0 Å². The zero-order valence-electron chi connectivity index (χ0n) is 29.4. The van der Waals surface area contributed by atoms with Gasteiger partial charge >= 0.3 is 0 Å². The molecule has 4 heterocycles. The molecule has 0 aromatic carbocycles. The molecule has 330 valence electrons. The number of aliphatic hydroxyl groups excluding tert-OH is 18. The van der Waals surface area contributed by atoms with Crippen LogP contribution in [0.1, 0.15) is 0 Å². The monoisotopic (exact) mass is 830 g/mol. The molecular weight excluding hydrogens is 776 g/mol. The Morgan fingerprint density at radius 1 is 0.339 bits per heavy atom. The molecule has 4 fully saturated rings. The van der Waals surface area contributed by atoms with Gasteiger partial charge in [0, 0.05) is 0 Å². The number of rotatable bonds is 17. The van der Waals surface area contributed by atoms with E-state index in [2.05, 4.69) is 0 Å². The van der Waals surface area contributed by atoms with Gasteiger partial charge in [0.15, 0.2) is 25.2 Å². The van der Waals surface area contributed by atoms with Crippen molar-refractivity contribution in [3.8, 4) is 0 Å². The molecule has 0 aromatic heterocycles. The molecule has 0 aliphatic carbocycles. The highest BCUT2D eigenvalue weighted by Gasteiger charge is 2.50. The second kappa shape index (κ2) is 21.0. The molecule has 0 bridgehead atoms. The van der Waals surface area contributed by atoms with Crippen LogP contribution in [0.15, 0.2) is 0 Å². The molecule has 1 unspecified atom stereocenters. The van der Waals surface area contributed by atoms with E-state index in [9.17, 15) is 91.9 Å². The first kappa shape index (κ1) is 47.6. The summed E-state index contributed by atoms with van der Waals surface area (Å²) in [6, 6.07) is 0. The van der Waals surface area contributed by atoms with E-state index in [-0.39, 0.29) is 0 Å². The summed E-state index contributed by atoms with van der Waals surface area (Å²) in [6.07, 6.45) is -43.2. The smallest absolute Gasteiger partial charge is 0.186 e. The molecule has 56 heavy (non-hydrogen) atoms. The fraction of sp³-hybridized carbons (Fsp3) is 1.00. The predicted molar refractivity (Wildman–Crippen MR) is 169 cm³/mol. The number of ether oxygens (including phenoxy) is 8. The highest BCUT2D eigenvalue weighted by molar-refractivity contribution is 4.94. The van der Waals surface area contributed by atoms with Crippen molar-refractivity contribution in [2.45, 2.75) is 147 Å². The van der Waals surface area contributed by atoms with E-state index in [4.69, 9.17) is 37.9 Å². The molecule has 0 radical (unpaired) electrons. The summed E-state index contributed by atoms with van der Waals surface area (Å²) in [6.45, 7) is -4.79. The molecule has 4 aliphatic rings. The van der Waals surface area contributed by atoms with E-state index in [1.54, 1.807) is 0 Å². The molecule has 4 rings (SSSR count). The first-order chi connectivity index (χ1) is 26.3. The van der Waals surface area contributed by atoms with Crippen molar-refractivity contribution >= 4 is 0 Å². The summed E-state index contributed by atoms with van der Waals surface area (Å²) in [7, 11) is 0. The minimum Gasteiger partial charge on any atom is -0.394 e. The number of hydrogen-bond acceptors (Lipinski definition) is 26. The molecule has 26 heteroatoms. The molecule has 18 N–H and O–H groups in total. The van der Waals surface area contributed by atoms with Gasteiger partial charge in [-0.1, -0.05) is 0 Å². The first-order valence-electron chi connectivity index (χ1n) is 17.5. The van der Waals surface area contributed by atoms with Crippen molar-refractivity contribution in [2.75, 3.05) is 39.6 Å². The second-order valence-electron chi connectivity index (χ2n) is 13.9. The Morgan fingerprint density at radius 2 is 0.589 bits per heavy atom. The van der Waals surface area contributed by atoms with Gasteiger partial charge in [0.25, 0.3) is 0 Å². The maximum absolute atomic E-state index is 10.5. The molecule has 0 amide bonds. The van der Waals surface area contributed by atoms with Gasteiger partial charge in [0.05, 0.1) is 39.6 Å². The Morgan fingerprint density at radius 3 is 0.875 bits per heavy atom. The average molecular weight is 831 g/mol. The van der Waals surface area contributed by atoms with E-state index >= 15 is 0 Å². The SMILES string of the molecule is OC[C@H]1O[C@@H](OC[C@H]2O[C@@H](OC[C@@H](O)[C@@H](O)[C@H](O)[C@H](O)COC3O[C@H](CO[C@@H]4O[C@H](CO)[C@@H](O)[C@H](O)[C@H]4O)[C@@H](O)[C@H](O)[C@H]3O)[C@H](O)[C@@H](O)[C@@H]2O)[C@H](O)[C@@H](O)[C@@H]1O. The van der Waals surface area contributed by atoms with Gasteiger partial charge in [-0.25, -0.2) is 0 Å². The summed E-state index contributed by atoms with van der Waals surface area (Å²) in [5.41, 5.74) is 0. The third-order valence-electron chi connectivity index (χ3n) is 9.88. The molecule has 0 aromatic rings. The summed E-state index contributed by atoms with van der Waals surface area (Å²) >= 11 is 0. The lowest BCUT2D eigenvalue weighted by Crippen LogP contribution is -2.62. The molecule has 4 aliphatic heterocycles. The van der Waals surface area contributed by atoms with Gasteiger partial charge in [-0.15, -0.1) is 0 Å². The van der Waals surface area contributed by atoms with Gasteiger partial charge in [-0.2, -0.15) is 0 Å². The average Bonchev–Trinajstić information content (AvgIpc) is 3.19. The normalized spacial score (nSPS) is 47.2. The van der Waals surface area contributed by atoms with Crippen LogP contribution in [0.2, 0.25) is 0 Å². The predicted octanol–water partition coefficient (Wildman–Crippen LogP) is -12.3. The van der Waals surface area contributed by atoms with Gasteiger partial charge in [0.1, 0.15) is 122 Å². The fourth-order valence-corrected chi connectivity index (χ4v) is 6.21. The molecule has 0 spiro atoms. The van der Waals surface area contributed by atoms with Crippen molar-refractivity contribution in [3.05, 3.63) is 0 Å². The molecule has 24 atom stereocenters. The van der Waals surface area contributed by atoms with E-state index < -0.39 is 187 Å². The van der Waals surface area contributed by atoms with Crippen molar-refractivity contribution in [3.63, 3.8) is 0 Å². The van der Waals surface area contributed by atoms with Crippen molar-refractivity contribution in [2.24, 2.45) is 0 Å². The Kier molecular flexibility index (Phi) is 17.8. The van der Waals surface area contributed by atoms with Crippen molar-refractivity contribution in [1.29, 1.82) is 0 Å².